The Morgan fingerprint density at radius 2 is 1.91 bits per heavy atom. The first-order valence-corrected chi connectivity index (χ1v) is 11.9. The van der Waals surface area contributed by atoms with Crippen LogP contribution in [0.15, 0.2) is 43.1 Å². The largest absolute Gasteiger partial charge is 0.379 e. The minimum absolute atomic E-state index is 0.0167. The summed E-state index contributed by atoms with van der Waals surface area (Å²) in [6.07, 6.45) is 6.32. The fraction of sp³-hybridized carbons (Fsp3) is 0.478. The van der Waals surface area contributed by atoms with Crippen LogP contribution in [0.1, 0.15) is 41.1 Å². The lowest BCUT2D eigenvalue weighted by atomic mass is 9.96. The van der Waals surface area contributed by atoms with Gasteiger partial charge in [-0.1, -0.05) is 6.07 Å². The maximum absolute atomic E-state index is 5.85. The summed E-state index contributed by atoms with van der Waals surface area (Å²) in [5, 5.41) is 12.3. The fourth-order valence-electron chi connectivity index (χ4n) is 5.01. The lowest BCUT2D eigenvalue weighted by molar-refractivity contribution is 0.0365. The summed E-state index contributed by atoms with van der Waals surface area (Å²) >= 11 is 5.85. The van der Waals surface area contributed by atoms with E-state index >= 15 is 0 Å². The molecule has 0 saturated carbocycles. The van der Waals surface area contributed by atoms with Crippen LogP contribution in [-0.4, -0.2) is 78.8 Å². The van der Waals surface area contributed by atoms with Crippen LogP contribution in [0.4, 0.5) is 0 Å². The van der Waals surface area contributed by atoms with Crippen molar-refractivity contribution in [3.63, 3.8) is 0 Å². The predicted molar refractivity (Wildman–Crippen MR) is 129 cm³/mol. The standard InChI is InChI=1S/C23H30N8OS/c1-17-14-19(18(2)31(17)29-15-25-26-16-29)22-21(20-6-3-4-7-24-20)27-23(33)30(22)9-5-8-28-10-12-32-13-11-28/h3-4,6-7,14-16,21-22H,5,8-13H2,1-2H3,(H,27,33)/t21-,22-/m0/s1. The summed E-state index contributed by atoms with van der Waals surface area (Å²) in [6.45, 7) is 9.83. The van der Waals surface area contributed by atoms with Gasteiger partial charge in [-0.3, -0.25) is 14.6 Å². The predicted octanol–water partition coefficient (Wildman–Crippen LogP) is 2.10. The molecule has 2 aliphatic rings. The van der Waals surface area contributed by atoms with E-state index in [0.717, 1.165) is 68.0 Å². The van der Waals surface area contributed by atoms with Crippen LogP contribution in [0.5, 0.6) is 0 Å². The molecule has 2 atom stereocenters. The molecule has 174 valence electrons. The Labute approximate surface area is 199 Å². The zero-order valence-corrected chi connectivity index (χ0v) is 19.9. The molecule has 3 aromatic rings. The summed E-state index contributed by atoms with van der Waals surface area (Å²) in [5.41, 5.74) is 4.49. The van der Waals surface area contributed by atoms with Crippen LogP contribution in [0.2, 0.25) is 0 Å². The van der Waals surface area contributed by atoms with Crippen LogP contribution < -0.4 is 5.32 Å². The van der Waals surface area contributed by atoms with Gasteiger partial charge in [0.25, 0.3) is 0 Å². The second-order valence-electron chi connectivity index (χ2n) is 8.61. The minimum atomic E-state index is -0.0167. The van der Waals surface area contributed by atoms with Crippen LogP contribution in [0, 0.1) is 13.8 Å². The molecule has 0 aliphatic carbocycles. The summed E-state index contributed by atoms with van der Waals surface area (Å²) in [5.74, 6) is 0. The molecule has 0 bridgehead atoms. The third kappa shape index (κ3) is 4.38. The molecule has 1 N–H and O–H groups in total. The van der Waals surface area contributed by atoms with Crippen molar-refractivity contribution in [3.8, 4) is 0 Å². The highest BCUT2D eigenvalue weighted by Gasteiger charge is 2.41. The van der Waals surface area contributed by atoms with Crippen molar-refractivity contribution in [1.82, 2.24) is 39.7 Å². The second kappa shape index (κ2) is 9.58. The number of rotatable bonds is 7. The van der Waals surface area contributed by atoms with Crippen molar-refractivity contribution >= 4 is 17.3 Å². The van der Waals surface area contributed by atoms with E-state index in [2.05, 4.69) is 61.0 Å². The number of hydrogen-bond donors (Lipinski definition) is 1. The quantitative estimate of drug-likeness (QED) is 0.531. The Kier molecular flexibility index (Phi) is 6.39. The topological polar surface area (TPSA) is 76.3 Å². The molecular formula is C23H30N8OS. The molecule has 0 unspecified atom stereocenters. The monoisotopic (exact) mass is 466 g/mol. The van der Waals surface area contributed by atoms with Crippen molar-refractivity contribution in [2.24, 2.45) is 0 Å². The van der Waals surface area contributed by atoms with Gasteiger partial charge in [0.2, 0.25) is 0 Å². The molecule has 2 fully saturated rings. The fourth-order valence-corrected chi connectivity index (χ4v) is 5.34. The number of thiocarbonyl (C=S) groups is 1. The molecule has 0 radical (unpaired) electrons. The number of nitrogens with one attached hydrogen (secondary N) is 1. The molecule has 2 saturated heterocycles. The second-order valence-corrected chi connectivity index (χ2v) is 8.99. The van der Waals surface area contributed by atoms with Gasteiger partial charge >= 0.3 is 0 Å². The molecule has 5 heterocycles. The van der Waals surface area contributed by atoms with Crippen LogP contribution >= 0.6 is 12.2 Å². The van der Waals surface area contributed by atoms with Gasteiger partial charge < -0.3 is 15.0 Å². The van der Waals surface area contributed by atoms with Gasteiger partial charge in [0.1, 0.15) is 12.7 Å². The lowest BCUT2D eigenvalue weighted by Gasteiger charge is -2.30. The highest BCUT2D eigenvalue weighted by atomic mass is 32.1. The molecule has 0 spiro atoms. The highest BCUT2D eigenvalue weighted by molar-refractivity contribution is 7.80. The SMILES string of the molecule is Cc1cc([C@H]2[C@H](c3ccccn3)NC(=S)N2CCCN2CCOCC2)c(C)n1-n1cnnc1. The van der Waals surface area contributed by atoms with Gasteiger partial charge in [0, 0.05) is 49.3 Å². The van der Waals surface area contributed by atoms with Crippen LogP contribution in [-0.2, 0) is 4.74 Å². The van der Waals surface area contributed by atoms with Gasteiger partial charge in [-0.15, -0.1) is 10.2 Å². The molecule has 0 aromatic carbocycles. The normalized spacial score (nSPS) is 21.5. The zero-order chi connectivity index (χ0) is 22.8. The number of pyridine rings is 1. The van der Waals surface area contributed by atoms with E-state index in [9.17, 15) is 0 Å². The van der Waals surface area contributed by atoms with E-state index < -0.39 is 0 Å². The van der Waals surface area contributed by atoms with Crippen LogP contribution in [0.25, 0.3) is 0 Å². The molecule has 33 heavy (non-hydrogen) atoms. The van der Waals surface area contributed by atoms with Gasteiger partial charge in [0.15, 0.2) is 5.11 Å². The van der Waals surface area contributed by atoms with Gasteiger partial charge in [0.05, 0.1) is 31.0 Å². The molecule has 5 rings (SSSR count). The number of hydrogen-bond acceptors (Lipinski definition) is 6. The smallest absolute Gasteiger partial charge is 0.170 e. The number of nitrogens with zero attached hydrogens (tertiary/aromatic N) is 7. The molecule has 0 amide bonds. The van der Waals surface area contributed by atoms with Gasteiger partial charge in [-0.05, 0) is 50.7 Å². The van der Waals surface area contributed by atoms with Crippen LogP contribution in [0.3, 0.4) is 0 Å². The van der Waals surface area contributed by atoms with Crippen molar-refractivity contribution in [2.75, 3.05) is 39.4 Å². The minimum Gasteiger partial charge on any atom is -0.379 e. The first-order chi connectivity index (χ1) is 16.1. The van der Waals surface area contributed by atoms with Crippen molar-refractivity contribution in [2.45, 2.75) is 32.4 Å². The summed E-state index contributed by atoms with van der Waals surface area (Å²) in [4.78, 5) is 9.48. The Bertz CT molecular complexity index is 1080. The molecule has 3 aromatic heterocycles. The number of ether oxygens (including phenoxy) is 1. The molecule has 10 heteroatoms. The third-order valence-corrected chi connectivity index (χ3v) is 6.92. The lowest BCUT2D eigenvalue weighted by Crippen LogP contribution is -2.39. The van der Waals surface area contributed by atoms with E-state index in [1.54, 1.807) is 12.7 Å². The average molecular weight is 467 g/mol. The van der Waals surface area contributed by atoms with Gasteiger partial charge in [-0.2, -0.15) is 0 Å². The number of aryl methyl sites for hydroxylation is 1. The zero-order valence-electron chi connectivity index (χ0n) is 19.1. The maximum Gasteiger partial charge on any atom is 0.170 e. The molecular weight excluding hydrogens is 436 g/mol. The van der Waals surface area contributed by atoms with E-state index in [0.29, 0.717) is 0 Å². The van der Waals surface area contributed by atoms with E-state index in [4.69, 9.17) is 17.0 Å². The molecule has 9 nitrogen and oxygen atoms in total. The highest BCUT2D eigenvalue weighted by Crippen LogP contribution is 2.40. The Morgan fingerprint density at radius 1 is 1.12 bits per heavy atom. The Hall–Kier alpha value is -2.82. The maximum atomic E-state index is 5.85. The number of morpholine rings is 1. The van der Waals surface area contributed by atoms with Gasteiger partial charge in [-0.25, -0.2) is 4.68 Å². The van der Waals surface area contributed by atoms with E-state index in [1.165, 1.54) is 5.56 Å². The summed E-state index contributed by atoms with van der Waals surface area (Å²) < 4.78 is 9.54. The average Bonchev–Trinajstić information content (AvgIpc) is 3.54. The molecule has 2 aliphatic heterocycles. The number of aromatic nitrogens is 5. The van der Waals surface area contributed by atoms with Crippen molar-refractivity contribution in [3.05, 3.63) is 65.8 Å². The van der Waals surface area contributed by atoms with E-state index in [-0.39, 0.29) is 12.1 Å². The van der Waals surface area contributed by atoms with Crippen molar-refractivity contribution < 1.29 is 4.74 Å². The Balaban J connectivity index is 1.45. The summed E-state index contributed by atoms with van der Waals surface area (Å²) in [7, 11) is 0. The first kappa shape index (κ1) is 22.0. The Morgan fingerprint density at radius 3 is 2.64 bits per heavy atom. The van der Waals surface area contributed by atoms with Crippen molar-refractivity contribution in [1.29, 1.82) is 0 Å². The first-order valence-electron chi connectivity index (χ1n) is 11.5. The third-order valence-electron chi connectivity index (χ3n) is 6.56. The van der Waals surface area contributed by atoms with E-state index in [1.807, 2.05) is 23.0 Å². The summed E-state index contributed by atoms with van der Waals surface area (Å²) in [6, 6.07) is 8.34.